The van der Waals surface area contributed by atoms with Gasteiger partial charge in [0.15, 0.2) is 11.8 Å². The fourth-order valence-corrected chi connectivity index (χ4v) is 7.64. The molecule has 4 heterocycles. The molecule has 0 amide bonds. The third-order valence-corrected chi connectivity index (χ3v) is 9.14. The largest absolute Gasteiger partial charge is 0.458 e. The molecule has 2 spiro atoms. The quantitative estimate of drug-likeness (QED) is 0.542. The number of halogens is 2. The molecule has 1 unspecified atom stereocenters. The van der Waals surface area contributed by atoms with Crippen LogP contribution in [-0.4, -0.2) is 60.5 Å². The van der Waals surface area contributed by atoms with Crippen LogP contribution >= 0.6 is 0 Å². The summed E-state index contributed by atoms with van der Waals surface area (Å²) >= 11 is 0. The number of hydrogen-bond acceptors (Lipinski definition) is 5. The van der Waals surface area contributed by atoms with E-state index < -0.39 is 41.7 Å². The number of alkyl halides is 2. The Hall–Kier alpha value is -1.05. The fraction of sp³-hybridized carbons (Fsp3) is 0.850. The number of hydrogen-bond donors (Lipinski definition) is 0. The van der Waals surface area contributed by atoms with E-state index in [1.54, 1.807) is 6.92 Å². The van der Waals surface area contributed by atoms with Crippen molar-refractivity contribution in [2.75, 3.05) is 13.3 Å². The summed E-state index contributed by atoms with van der Waals surface area (Å²) in [6, 6.07) is 0. The molecule has 3 saturated heterocycles. The molecule has 5 nitrogen and oxygen atoms in total. The summed E-state index contributed by atoms with van der Waals surface area (Å²) in [6.07, 6.45) is -0.280. The second kappa shape index (κ2) is 4.12. The Bertz CT molecular complexity index is 844. The summed E-state index contributed by atoms with van der Waals surface area (Å²) < 4.78 is 53.1. The minimum absolute atomic E-state index is 0.0929. The van der Waals surface area contributed by atoms with Gasteiger partial charge in [-0.15, -0.1) is 0 Å². The highest BCUT2D eigenvalue weighted by molar-refractivity contribution is 5.92. The maximum Gasteiger partial charge on any atom is 0.334 e. The summed E-state index contributed by atoms with van der Waals surface area (Å²) in [4.78, 5) is 12.1. The standard InChI is InChI=1S/C20H22F2O5/c1-8(6-21)18-13(26-18)14-20(27-14)17(2)4-3-9-10(7-24-15(9)23)11(17)5-12-19(20,25-12)16(18)22/h8,11-14,16H,3-7H2,1-2H3/t8?,11-,12-,13-,14-,16-,17-,18-,19+,20+/m0/s1. The Labute approximate surface area is 155 Å². The van der Waals surface area contributed by atoms with Crippen molar-refractivity contribution < 1.29 is 32.5 Å². The Morgan fingerprint density at radius 2 is 2.07 bits per heavy atom. The minimum Gasteiger partial charge on any atom is -0.458 e. The molecule has 0 bridgehead atoms. The molecule has 7 aliphatic rings. The highest BCUT2D eigenvalue weighted by Crippen LogP contribution is 2.83. The highest BCUT2D eigenvalue weighted by Gasteiger charge is 3.01. The molecule has 5 fully saturated rings. The lowest BCUT2D eigenvalue weighted by Gasteiger charge is -2.52. The number of carbonyl (C=O) groups is 1. The monoisotopic (exact) mass is 380 g/mol. The van der Waals surface area contributed by atoms with Crippen LogP contribution in [0.1, 0.15) is 33.1 Å². The zero-order valence-corrected chi connectivity index (χ0v) is 15.3. The molecular formula is C20H22F2O5. The predicted molar refractivity (Wildman–Crippen MR) is 86.3 cm³/mol. The zero-order valence-electron chi connectivity index (χ0n) is 15.3. The second-order valence-electron chi connectivity index (χ2n) is 9.77. The van der Waals surface area contributed by atoms with Gasteiger partial charge >= 0.3 is 5.97 Å². The van der Waals surface area contributed by atoms with Crippen molar-refractivity contribution in [2.24, 2.45) is 17.3 Å². The number of carbonyl (C=O) groups excluding carboxylic acids is 1. The zero-order chi connectivity index (χ0) is 18.6. The summed E-state index contributed by atoms with van der Waals surface area (Å²) in [5.74, 6) is -0.638. The van der Waals surface area contributed by atoms with Crippen LogP contribution < -0.4 is 0 Å². The van der Waals surface area contributed by atoms with Crippen molar-refractivity contribution in [3.63, 3.8) is 0 Å². The van der Waals surface area contributed by atoms with Crippen LogP contribution in [0, 0.1) is 17.3 Å². The SMILES string of the molecule is CC(CF)[C@]12O[C@H]1[C@@H]1O[C@]13[C@]1(O[C@H]1C[C@H]1C4=C(CC[C@@]13C)C(=O)OC4)[C@H]2F. The topological polar surface area (TPSA) is 63.9 Å². The number of epoxide rings is 3. The lowest BCUT2D eigenvalue weighted by Crippen LogP contribution is -2.68. The molecule has 0 aromatic carbocycles. The van der Waals surface area contributed by atoms with E-state index in [4.69, 9.17) is 18.9 Å². The van der Waals surface area contributed by atoms with E-state index >= 15 is 4.39 Å². The first-order valence-corrected chi connectivity index (χ1v) is 10.0. The van der Waals surface area contributed by atoms with Crippen molar-refractivity contribution in [1.82, 2.24) is 0 Å². The van der Waals surface area contributed by atoms with E-state index in [-0.39, 0.29) is 29.5 Å². The van der Waals surface area contributed by atoms with Gasteiger partial charge < -0.3 is 18.9 Å². The van der Waals surface area contributed by atoms with Crippen LogP contribution in [0.25, 0.3) is 0 Å². The van der Waals surface area contributed by atoms with E-state index in [9.17, 15) is 9.18 Å². The van der Waals surface area contributed by atoms with Gasteiger partial charge in [0, 0.05) is 16.9 Å². The average Bonchev–Trinajstić information content (AvgIpc) is 3.54. The van der Waals surface area contributed by atoms with Gasteiger partial charge in [-0.2, -0.15) is 0 Å². The molecule has 10 atom stereocenters. The normalized spacial score (nSPS) is 62.2. The molecule has 0 N–H and O–H groups in total. The maximum atomic E-state index is 16.0. The van der Waals surface area contributed by atoms with Crippen LogP contribution in [0.15, 0.2) is 11.1 Å². The van der Waals surface area contributed by atoms with E-state index in [2.05, 4.69) is 6.92 Å². The molecule has 7 heteroatoms. The lowest BCUT2D eigenvalue weighted by atomic mass is 9.47. The van der Waals surface area contributed by atoms with Crippen molar-refractivity contribution in [1.29, 1.82) is 0 Å². The van der Waals surface area contributed by atoms with Crippen LogP contribution in [0.2, 0.25) is 0 Å². The van der Waals surface area contributed by atoms with Crippen molar-refractivity contribution >= 4 is 5.97 Å². The van der Waals surface area contributed by atoms with E-state index in [0.29, 0.717) is 19.4 Å². The van der Waals surface area contributed by atoms with Gasteiger partial charge in [0.2, 0.25) is 0 Å². The Morgan fingerprint density at radius 3 is 2.85 bits per heavy atom. The third-order valence-electron chi connectivity index (χ3n) is 9.14. The van der Waals surface area contributed by atoms with Crippen LogP contribution in [0.5, 0.6) is 0 Å². The fourth-order valence-electron chi connectivity index (χ4n) is 7.64. The first-order chi connectivity index (χ1) is 12.9. The van der Waals surface area contributed by atoms with Crippen molar-refractivity contribution in [3.05, 3.63) is 11.1 Å². The second-order valence-corrected chi connectivity index (χ2v) is 9.77. The number of fused-ring (bicyclic) bond motifs is 4. The van der Waals surface area contributed by atoms with Crippen molar-refractivity contribution in [2.45, 2.75) is 74.4 Å². The van der Waals surface area contributed by atoms with Gasteiger partial charge in [-0.25, -0.2) is 9.18 Å². The van der Waals surface area contributed by atoms with Crippen LogP contribution in [0.3, 0.4) is 0 Å². The van der Waals surface area contributed by atoms with Gasteiger partial charge in [0.05, 0.1) is 12.8 Å². The number of rotatable bonds is 2. The molecule has 0 aromatic rings. The molecule has 7 rings (SSSR count). The summed E-state index contributed by atoms with van der Waals surface area (Å²) in [5.41, 5.74) is -1.35. The molecule has 0 aromatic heterocycles. The van der Waals surface area contributed by atoms with Gasteiger partial charge in [0.25, 0.3) is 0 Å². The lowest BCUT2D eigenvalue weighted by molar-refractivity contribution is -0.136. The van der Waals surface area contributed by atoms with Gasteiger partial charge in [-0.1, -0.05) is 13.8 Å². The van der Waals surface area contributed by atoms with E-state index in [0.717, 1.165) is 17.6 Å². The number of ether oxygens (including phenoxy) is 4. The highest BCUT2D eigenvalue weighted by atomic mass is 19.1. The first-order valence-electron chi connectivity index (χ1n) is 10.0. The Morgan fingerprint density at radius 1 is 1.26 bits per heavy atom. The van der Waals surface area contributed by atoms with Gasteiger partial charge in [0.1, 0.15) is 30.0 Å². The Kier molecular flexibility index (Phi) is 2.41. The smallest absolute Gasteiger partial charge is 0.334 e. The maximum absolute atomic E-state index is 16.0. The van der Waals surface area contributed by atoms with Gasteiger partial charge in [-0.3, -0.25) is 4.39 Å². The molecule has 4 aliphatic heterocycles. The number of cyclic esters (lactones) is 1. The molecule has 3 aliphatic carbocycles. The van der Waals surface area contributed by atoms with E-state index in [1.165, 1.54) is 0 Å². The molecular weight excluding hydrogens is 358 g/mol. The van der Waals surface area contributed by atoms with Crippen LogP contribution in [0.4, 0.5) is 8.78 Å². The third kappa shape index (κ3) is 1.29. The molecule has 146 valence electrons. The summed E-state index contributed by atoms with van der Waals surface area (Å²) in [7, 11) is 0. The van der Waals surface area contributed by atoms with Gasteiger partial charge in [-0.05, 0) is 30.8 Å². The number of esters is 1. The predicted octanol–water partition coefficient (Wildman–Crippen LogP) is 2.03. The van der Waals surface area contributed by atoms with E-state index in [1.807, 2.05) is 0 Å². The molecule has 0 radical (unpaired) electrons. The Balaban J connectivity index is 1.36. The first kappa shape index (κ1) is 15.8. The summed E-state index contributed by atoms with van der Waals surface area (Å²) in [6.45, 7) is 3.58. The minimum atomic E-state index is -1.39. The molecule has 2 saturated carbocycles. The molecule has 27 heavy (non-hydrogen) atoms. The van der Waals surface area contributed by atoms with Crippen molar-refractivity contribution in [3.8, 4) is 0 Å². The average molecular weight is 380 g/mol. The summed E-state index contributed by atoms with van der Waals surface area (Å²) in [5, 5.41) is 0. The van der Waals surface area contributed by atoms with Crippen LogP contribution in [-0.2, 0) is 23.7 Å².